The summed E-state index contributed by atoms with van der Waals surface area (Å²) < 4.78 is 4.73. The summed E-state index contributed by atoms with van der Waals surface area (Å²) in [5.41, 5.74) is 0.704. The maximum Gasteiger partial charge on any atom is 0.325 e. The predicted molar refractivity (Wildman–Crippen MR) is 81.6 cm³/mol. The summed E-state index contributed by atoms with van der Waals surface area (Å²) in [6.07, 6.45) is 0.122. The summed E-state index contributed by atoms with van der Waals surface area (Å²) in [6, 6.07) is 6.86. The molecule has 1 aromatic carbocycles. The number of carbonyl (C=O) groups is 3. The molecule has 1 unspecified atom stereocenters. The zero-order valence-corrected chi connectivity index (χ0v) is 12.9. The number of esters is 1. The van der Waals surface area contributed by atoms with E-state index in [1.54, 1.807) is 36.1 Å². The van der Waals surface area contributed by atoms with E-state index in [2.05, 4.69) is 5.32 Å². The number of hydrogen-bond donors (Lipinski definition) is 1. The lowest BCUT2D eigenvalue weighted by Crippen LogP contribution is -2.36. The summed E-state index contributed by atoms with van der Waals surface area (Å²) in [4.78, 5) is 36.8. The van der Waals surface area contributed by atoms with Gasteiger partial charge in [0.25, 0.3) is 0 Å². The van der Waals surface area contributed by atoms with Crippen LogP contribution in [0.5, 0.6) is 0 Å². The van der Waals surface area contributed by atoms with Crippen molar-refractivity contribution in [2.45, 2.75) is 13.3 Å². The minimum atomic E-state index is -0.491. The molecule has 0 aliphatic carbocycles. The van der Waals surface area contributed by atoms with Crippen molar-refractivity contribution in [3.63, 3.8) is 0 Å². The Balaban J connectivity index is 1.92. The van der Waals surface area contributed by atoms with Gasteiger partial charge in [0.05, 0.1) is 12.5 Å². The molecule has 1 heterocycles. The Labute approximate surface area is 133 Å². The average molecular weight is 325 g/mol. The molecule has 1 N–H and O–H groups in total. The summed E-state index contributed by atoms with van der Waals surface area (Å²) in [5, 5.41) is 3.08. The highest BCUT2D eigenvalue weighted by molar-refractivity contribution is 6.30. The third-order valence-corrected chi connectivity index (χ3v) is 3.60. The number of halogens is 1. The van der Waals surface area contributed by atoms with Crippen LogP contribution >= 0.6 is 11.6 Å². The van der Waals surface area contributed by atoms with Gasteiger partial charge < -0.3 is 15.0 Å². The number of nitrogens with one attached hydrogen (secondary N) is 1. The van der Waals surface area contributed by atoms with Crippen LogP contribution in [0.3, 0.4) is 0 Å². The van der Waals surface area contributed by atoms with Gasteiger partial charge in [-0.05, 0) is 31.2 Å². The predicted octanol–water partition coefficient (Wildman–Crippen LogP) is 1.37. The molecule has 1 aliphatic heterocycles. The molecule has 0 spiro atoms. The first-order chi connectivity index (χ1) is 10.5. The molecule has 1 aliphatic rings. The van der Waals surface area contributed by atoms with Gasteiger partial charge in [0.15, 0.2) is 0 Å². The van der Waals surface area contributed by atoms with Gasteiger partial charge in [-0.25, -0.2) is 0 Å². The van der Waals surface area contributed by atoms with Crippen LogP contribution in [0.2, 0.25) is 5.02 Å². The van der Waals surface area contributed by atoms with Crippen LogP contribution in [-0.4, -0.2) is 37.5 Å². The third-order valence-electron chi connectivity index (χ3n) is 3.35. The smallest absolute Gasteiger partial charge is 0.325 e. The van der Waals surface area contributed by atoms with Crippen LogP contribution in [0.1, 0.15) is 13.3 Å². The molecular formula is C15H17ClN2O4. The molecule has 0 radical (unpaired) electrons. The van der Waals surface area contributed by atoms with Crippen molar-refractivity contribution in [2.75, 3.05) is 24.6 Å². The standard InChI is InChI=1S/C15H17ClN2O4/c1-2-22-14(20)8-17-15(21)10-7-13(19)18(9-10)12-5-3-11(16)4-6-12/h3-6,10H,2,7-9H2,1H3,(H,17,21). The number of rotatable bonds is 5. The normalized spacial score (nSPS) is 17.5. The molecule has 22 heavy (non-hydrogen) atoms. The van der Waals surface area contributed by atoms with Crippen LogP contribution in [0.25, 0.3) is 0 Å². The Morgan fingerprint density at radius 2 is 2.05 bits per heavy atom. The average Bonchev–Trinajstić information content (AvgIpc) is 2.88. The van der Waals surface area contributed by atoms with E-state index in [1.165, 1.54) is 0 Å². The van der Waals surface area contributed by atoms with Gasteiger partial charge >= 0.3 is 5.97 Å². The highest BCUT2D eigenvalue weighted by atomic mass is 35.5. The fourth-order valence-electron chi connectivity index (χ4n) is 2.27. The van der Waals surface area contributed by atoms with Gasteiger partial charge in [-0.1, -0.05) is 11.6 Å². The van der Waals surface area contributed by atoms with Gasteiger partial charge in [0, 0.05) is 23.7 Å². The SMILES string of the molecule is CCOC(=O)CNC(=O)C1CC(=O)N(c2ccc(Cl)cc2)C1. The molecule has 2 rings (SSSR count). The van der Waals surface area contributed by atoms with Crippen LogP contribution in [0.15, 0.2) is 24.3 Å². The molecular weight excluding hydrogens is 308 g/mol. The Morgan fingerprint density at radius 3 is 2.68 bits per heavy atom. The van der Waals surface area contributed by atoms with E-state index in [1.807, 2.05) is 0 Å². The molecule has 1 saturated heterocycles. The molecule has 1 aromatic rings. The van der Waals surface area contributed by atoms with Gasteiger partial charge in [-0.15, -0.1) is 0 Å². The number of hydrogen-bond acceptors (Lipinski definition) is 4. The van der Waals surface area contributed by atoms with Crippen molar-refractivity contribution in [3.8, 4) is 0 Å². The van der Waals surface area contributed by atoms with E-state index in [0.717, 1.165) is 0 Å². The maximum atomic E-state index is 12.0. The third kappa shape index (κ3) is 3.98. The Hall–Kier alpha value is -2.08. The van der Waals surface area contributed by atoms with E-state index in [9.17, 15) is 14.4 Å². The number of carbonyl (C=O) groups excluding carboxylic acids is 3. The fourth-order valence-corrected chi connectivity index (χ4v) is 2.40. The second-order valence-electron chi connectivity index (χ2n) is 4.90. The first kappa shape index (κ1) is 16.3. The Morgan fingerprint density at radius 1 is 1.36 bits per heavy atom. The molecule has 7 heteroatoms. The van der Waals surface area contributed by atoms with Crippen molar-refractivity contribution in [3.05, 3.63) is 29.3 Å². The molecule has 118 valence electrons. The van der Waals surface area contributed by atoms with Crippen molar-refractivity contribution in [1.82, 2.24) is 5.32 Å². The van der Waals surface area contributed by atoms with E-state index < -0.39 is 11.9 Å². The lowest BCUT2D eigenvalue weighted by atomic mass is 10.1. The topological polar surface area (TPSA) is 75.7 Å². The van der Waals surface area contributed by atoms with Gasteiger partial charge in [0.1, 0.15) is 6.54 Å². The fraction of sp³-hybridized carbons (Fsp3) is 0.400. The van der Waals surface area contributed by atoms with E-state index in [0.29, 0.717) is 10.7 Å². The summed E-state index contributed by atoms with van der Waals surface area (Å²) in [7, 11) is 0. The minimum absolute atomic E-state index is 0.122. The lowest BCUT2D eigenvalue weighted by molar-refractivity contribution is -0.143. The molecule has 1 fully saturated rings. The molecule has 0 saturated carbocycles. The number of ether oxygens (including phenoxy) is 1. The van der Waals surface area contributed by atoms with Crippen molar-refractivity contribution >= 4 is 35.1 Å². The van der Waals surface area contributed by atoms with Crippen LogP contribution < -0.4 is 10.2 Å². The minimum Gasteiger partial charge on any atom is -0.465 e. The van der Waals surface area contributed by atoms with Gasteiger partial charge in [0.2, 0.25) is 11.8 Å². The molecule has 6 nitrogen and oxygen atoms in total. The monoisotopic (exact) mass is 324 g/mol. The van der Waals surface area contributed by atoms with Gasteiger partial charge in [-0.2, -0.15) is 0 Å². The number of nitrogens with zero attached hydrogens (tertiary/aromatic N) is 1. The van der Waals surface area contributed by atoms with Crippen molar-refractivity contribution < 1.29 is 19.1 Å². The second-order valence-corrected chi connectivity index (χ2v) is 5.34. The van der Waals surface area contributed by atoms with Crippen molar-refractivity contribution in [1.29, 1.82) is 0 Å². The summed E-state index contributed by atoms with van der Waals surface area (Å²) in [5.74, 6) is -1.41. The molecule has 1 atom stereocenters. The van der Waals surface area contributed by atoms with Gasteiger partial charge in [-0.3, -0.25) is 14.4 Å². The summed E-state index contributed by atoms with van der Waals surface area (Å²) in [6.45, 7) is 2.06. The summed E-state index contributed by atoms with van der Waals surface area (Å²) >= 11 is 5.82. The highest BCUT2D eigenvalue weighted by Gasteiger charge is 2.35. The van der Waals surface area contributed by atoms with E-state index >= 15 is 0 Å². The van der Waals surface area contributed by atoms with Crippen molar-refractivity contribution in [2.24, 2.45) is 5.92 Å². The zero-order chi connectivity index (χ0) is 16.1. The highest BCUT2D eigenvalue weighted by Crippen LogP contribution is 2.26. The largest absolute Gasteiger partial charge is 0.465 e. The first-order valence-electron chi connectivity index (χ1n) is 7.00. The number of amides is 2. The molecule has 0 bridgehead atoms. The number of benzene rings is 1. The molecule has 2 amide bonds. The lowest BCUT2D eigenvalue weighted by Gasteiger charge is -2.16. The van der Waals surface area contributed by atoms with E-state index in [4.69, 9.17) is 16.3 Å². The van der Waals surface area contributed by atoms with Crippen LogP contribution in [0.4, 0.5) is 5.69 Å². The van der Waals surface area contributed by atoms with E-state index in [-0.39, 0.29) is 37.9 Å². The first-order valence-corrected chi connectivity index (χ1v) is 7.38. The van der Waals surface area contributed by atoms with Crippen LogP contribution in [0, 0.1) is 5.92 Å². The number of anilines is 1. The zero-order valence-electron chi connectivity index (χ0n) is 12.2. The quantitative estimate of drug-likeness (QED) is 0.830. The maximum absolute atomic E-state index is 12.0. The van der Waals surface area contributed by atoms with Crippen LogP contribution in [-0.2, 0) is 19.1 Å². The Bertz CT molecular complexity index is 573. The second kappa shape index (κ2) is 7.26. The molecule has 0 aromatic heterocycles. The Kier molecular flexibility index (Phi) is 5.38.